The molecule has 6 nitrogen and oxygen atoms in total. The first-order valence-corrected chi connectivity index (χ1v) is 9.87. The van der Waals surface area contributed by atoms with Crippen LogP contribution in [0.5, 0.6) is 0 Å². The number of benzene rings is 1. The third kappa shape index (κ3) is 6.70. The molecule has 0 spiro atoms. The largest absolute Gasteiger partial charge is 0.345 e. The molecule has 0 saturated heterocycles. The van der Waals surface area contributed by atoms with E-state index in [2.05, 4.69) is 26.6 Å². The van der Waals surface area contributed by atoms with Crippen LogP contribution in [0.25, 0.3) is 0 Å². The molecule has 1 aromatic rings. The molecule has 1 aromatic carbocycles. The van der Waals surface area contributed by atoms with E-state index >= 15 is 0 Å². The number of sulfone groups is 1. The molecule has 0 aromatic heterocycles. The van der Waals surface area contributed by atoms with Gasteiger partial charge in [0.25, 0.3) is 0 Å². The van der Waals surface area contributed by atoms with Gasteiger partial charge in [-0.1, -0.05) is 15.9 Å². The topological polar surface area (TPSA) is 92.3 Å². The monoisotopic (exact) mass is 404 g/mol. The predicted molar refractivity (Wildman–Crippen MR) is 94.2 cm³/mol. The highest BCUT2D eigenvalue weighted by Gasteiger charge is 2.22. The van der Waals surface area contributed by atoms with E-state index in [4.69, 9.17) is 0 Å². The van der Waals surface area contributed by atoms with Crippen LogP contribution >= 0.6 is 15.9 Å². The molecule has 2 amide bonds. The zero-order valence-corrected chi connectivity index (χ0v) is 16.0. The summed E-state index contributed by atoms with van der Waals surface area (Å²) >= 11 is 3.39. The van der Waals surface area contributed by atoms with Gasteiger partial charge in [-0.05, 0) is 43.5 Å². The molecular formula is C15H21BrN2O4S. The first-order chi connectivity index (χ1) is 10.5. The Morgan fingerprint density at radius 3 is 2.17 bits per heavy atom. The molecule has 2 N–H and O–H groups in total. The van der Waals surface area contributed by atoms with E-state index in [9.17, 15) is 18.0 Å². The standard InChI is InChI=1S/C15H21BrN2O4S/c1-9-7-12(16)8-10(2)14(9)18-15(20)13(17-11(3)19)5-6-23(4,21)22/h7-8,13H,5-6H2,1-4H3,(H,17,19)(H,18,20). The molecule has 0 fully saturated rings. The van der Waals surface area contributed by atoms with Crippen LogP contribution in [-0.4, -0.2) is 38.3 Å². The van der Waals surface area contributed by atoms with E-state index in [1.807, 2.05) is 26.0 Å². The Bertz CT molecular complexity index is 693. The fraction of sp³-hybridized carbons (Fsp3) is 0.467. The van der Waals surface area contributed by atoms with Gasteiger partial charge in [0.1, 0.15) is 15.9 Å². The summed E-state index contributed by atoms with van der Waals surface area (Å²) in [5, 5.41) is 5.28. The molecule has 1 unspecified atom stereocenters. The van der Waals surface area contributed by atoms with E-state index < -0.39 is 21.8 Å². The summed E-state index contributed by atoms with van der Waals surface area (Å²) in [6.45, 7) is 5.01. The summed E-state index contributed by atoms with van der Waals surface area (Å²) in [6, 6.07) is 2.84. The molecule has 0 aliphatic carbocycles. The highest BCUT2D eigenvalue weighted by atomic mass is 79.9. The van der Waals surface area contributed by atoms with Gasteiger partial charge < -0.3 is 10.6 Å². The van der Waals surface area contributed by atoms with Crippen LogP contribution in [0.3, 0.4) is 0 Å². The van der Waals surface area contributed by atoms with Crippen molar-refractivity contribution in [3.05, 3.63) is 27.7 Å². The van der Waals surface area contributed by atoms with Crippen molar-refractivity contribution in [2.75, 3.05) is 17.3 Å². The number of carbonyl (C=O) groups excluding carboxylic acids is 2. The van der Waals surface area contributed by atoms with Crippen LogP contribution < -0.4 is 10.6 Å². The van der Waals surface area contributed by atoms with Crippen molar-refractivity contribution in [1.29, 1.82) is 0 Å². The summed E-state index contributed by atoms with van der Waals surface area (Å²) in [5.41, 5.74) is 2.40. The van der Waals surface area contributed by atoms with Crippen LogP contribution in [0, 0.1) is 13.8 Å². The van der Waals surface area contributed by atoms with Gasteiger partial charge in [-0.25, -0.2) is 8.42 Å². The zero-order chi connectivity index (χ0) is 17.8. The number of anilines is 1. The Kier molecular flexibility index (Phi) is 6.76. The first-order valence-electron chi connectivity index (χ1n) is 7.02. The Morgan fingerprint density at radius 2 is 1.74 bits per heavy atom. The van der Waals surface area contributed by atoms with E-state index in [-0.39, 0.29) is 18.1 Å². The lowest BCUT2D eigenvalue weighted by Crippen LogP contribution is -2.44. The average Bonchev–Trinajstić information content (AvgIpc) is 2.37. The number of hydrogen-bond acceptors (Lipinski definition) is 4. The first kappa shape index (κ1) is 19.6. The maximum atomic E-state index is 12.4. The molecule has 0 bridgehead atoms. The van der Waals surface area contributed by atoms with Gasteiger partial charge in [0.15, 0.2) is 0 Å². The molecule has 0 aliphatic rings. The van der Waals surface area contributed by atoms with E-state index in [0.717, 1.165) is 21.9 Å². The maximum Gasteiger partial charge on any atom is 0.246 e. The van der Waals surface area contributed by atoms with Gasteiger partial charge in [-0.2, -0.15) is 0 Å². The number of rotatable bonds is 6. The summed E-state index contributed by atoms with van der Waals surface area (Å²) in [5.74, 6) is -0.996. The lowest BCUT2D eigenvalue weighted by atomic mass is 10.1. The van der Waals surface area contributed by atoms with Gasteiger partial charge in [0.2, 0.25) is 11.8 Å². The quantitative estimate of drug-likeness (QED) is 0.757. The minimum absolute atomic E-state index is 0.0267. The average molecular weight is 405 g/mol. The summed E-state index contributed by atoms with van der Waals surface area (Å²) in [7, 11) is -3.22. The molecule has 0 radical (unpaired) electrons. The maximum absolute atomic E-state index is 12.4. The van der Waals surface area contributed by atoms with Crippen LogP contribution in [0.1, 0.15) is 24.5 Å². The third-order valence-electron chi connectivity index (χ3n) is 3.22. The molecule has 1 rings (SSSR count). The second kappa shape index (κ2) is 7.92. The van der Waals surface area contributed by atoms with Gasteiger partial charge in [-0.15, -0.1) is 0 Å². The molecular weight excluding hydrogens is 384 g/mol. The Morgan fingerprint density at radius 1 is 1.22 bits per heavy atom. The van der Waals surface area contributed by atoms with Crippen LogP contribution in [-0.2, 0) is 19.4 Å². The van der Waals surface area contributed by atoms with Gasteiger partial charge in [0.05, 0.1) is 5.75 Å². The van der Waals surface area contributed by atoms with Crippen molar-refractivity contribution >= 4 is 43.3 Å². The van der Waals surface area contributed by atoms with Gasteiger partial charge in [0, 0.05) is 23.3 Å². The third-order valence-corrected chi connectivity index (χ3v) is 4.65. The molecule has 8 heteroatoms. The van der Waals surface area contributed by atoms with E-state index in [1.54, 1.807) is 0 Å². The molecule has 1 atom stereocenters. The molecule has 0 saturated carbocycles. The fourth-order valence-electron chi connectivity index (χ4n) is 2.16. The normalized spacial score (nSPS) is 12.6. The highest BCUT2D eigenvalue weighted by molar-refractivity contribution is 9.10. The molecule has 128 valence electrons. The van der Waals surface area contributed by atoms with Crippen LogP contribution in [0.2, 0.25) is 0 Å². The Hall–Kier alpha value is -1.41. The lowest BCUT2D eigenvalue weighted by Gasteiger charge is -2.19. The lowest BCUT2D eigenvalue weighted by molar-refractivity contribution is -0.125. The molecule has 23 heavy (non-hydrogen) atoms. The summed E-state index contributed by atoms with van der Waals surface area (Å²) < 4.78 is 23.5. The summed E-state index contributed by atoms with van der Waals surface area (Å²) in [6.07, 6.45) is 1.12. The van der Waals surface area contributed by atoms with Crippen molar-refractivity contribution in [3.8, 4) is 0 Å². The number of hydrogen-bond donors (Lipinski definition) is 2. The van der Waals surface area contributed by atoms with Gasteiger partial charge in [-0.3, -0.25) is 9.59 Å². The fourth-order valence-corrected chi connectivity index (χ4v) is 3.51. The zero-order valence-electron chi connectivity index (χ0n) is 13.6. The van der Waals surface area contributed by atoms with E-state index in [0.29, 0.717) is 5.69 Å². The molecule has 0 heterocycles. The van der Waals surface area contributed by atoms with Crippen molar-refractivity contribution < 1.29 is 18.0 Å². The summed E-state index contributed by atoms with van der Waals surface area (Å²) in [4.78, 5) is 23.7. The van der Waals surface area contributed by atoms with Gasteiger partial charge >= 0.3 is 0 Å². The second-order valence-electron chi connectivity index (χ2n) is 5.58. The predicted octanol–water partition coefficient (Wildman–Crippen LogP) is 1.94. The SMILES string of the molecule is CC(=O)NC(CCS(C)(=O)=O)C(=O)Nc1c(C)cc(Br)cc1C. The Balaban J connectivity index is 2.95. The number of nitrogens with one attached hydrogen (secondary N) is 2. The Labute approximate surface area is 145 Å². The molecule has 0 aliphatic heterocycles. The number of amides is 2. The highest BCUT2D eigenvalue weighted by Crippen LogP contribution is 2.25. The van der Waals surface area contributed by atoms with Crippen LogP contribution in [0.15, 0.2) is 16.6 Å². The number of aryl methyl sites for hydroxylation is 2. The minimum atomic E-state index is -3.22. The van der Waals surface area contributed by atoms with Crippen molar-refractivity contribution in [2.24, 2.45) is 0 Å². The smallest absolute Gasteiger partial charge is 0.246 e. The van der Waals surface area contributed by atoms with Crippen molar-refractivity contribution in [1.82, 2.24) is 5.32 Å². The van der Waals surface area contributed by atoms with E-state index in [1.165, 1.54) is 6.92 Å². The van der Waals surface area contributed by atoms with Crippen molar-refractivity contribution in [2.45, 2.75) is 33.2 Å². The van der Waals surface area contributed by atoms with Crippen molar-refractivity contribution in [3.63, 3.8) is 0 Å². The number of halogens is 1. The second-order valence-corrected chi connectivity index (χ2v) is 8.75. The minimum Gasteiger partial charge on any atom is -0.345 e. The van der Waals surface area contributed by atoms with Crippen LogP contribution in [0.4, 0.5) is 5.69 Å². The number of carbonyl (C=O) groups is 2.